The van der Waals surface area contributed by atoms with Gasteiger partial charge in [0.05, 0.1) is 18.4 Å². The summed E-state index contributed by atoms with van der Waals surface area (Å²) in [5, 5.41) is 7.62. The highest BCUT2D eigenvalue weighted by Crippen LogP contribution is 2.33. The van der Waals surface area contributed by atoms with Crippen molar-refractivity contribution in [1.82, 2.24) is 4.90 Å². The van der Waals surface area contributed by atoms with E-state index in [0.29, 0.717) is 27.6 Å². The lowest BCUT2D eigenvalue weighted by molar-refractivity contribution is -0.137. The Morgan fingerprint density at radius 1 is 1.03 bits per heavy atom. The Kier molecular flexibility index (Phi) is 5.01. The van der Waals surface area contributed by atoms with Crippen molar-refractivity contribution in [3.05, 3.63) is 76.5 Å². The zero-order chi connectivity index (χ0) is 20.4. The number of imide groups is 1. The van der Waals surface area contributed by atoms with Crippen LogP contribution in [-0.2, 0) is 20.9 Å². The molecule has 0 spiro atoms. The van der Waals surface area contributed by atoms with E-state index in [1.165, 1.54) is 29.4 Å². The van der Waals surface area contributed by atoms with E-state index < -0.39 is 5.91 Å². The summed E-state index contributed by atoms with van der Waals surface area (Å²) in [6, 6.07) is 14.0. The smallest absolute Gasteiger partial charge is 0.278 e. The maximum Gasteiger partial charge on any atom is 0.278 e. The number of nitrogens with one attached hydrogen (secondary N) is 2. The van der Waals surface area contributed by atoms with Crippen LogP contribution >= 0.6 is 11.3 Å². The number of benzene rings is 1. The molecule has 0 atom stereocenters. The first-order chi connectivity index (χ1) is 14.0. The number of carbonyl (C=O) groups is 3. The summed E-state index contributed by atoms with van der Waals surface area (Å²) in [5.41, 5.74) is 1.83. The largest absolute Gasteiger partial charge is 0.467 e. The first-order valence-electron chi connectivity index (χ1n) is 8.84. The number of anilines is 2. The van der Waals surface area contributed by atoms with E-state index in [2.05, 4.69) is 10.6 Å². The lowest BCUT2D eigenvalue weighted by atomic mass is 10.2. The van der Waals surface area contributed by atoms with Gasteiger partial charge in [-0.05, 0) is 47.8 Å². The average molecular weight is 407 g/mol. The van der Waals surface area contributed by atoms with Crippen LogP contribution in [0.4, 0.5) is 11.4 Å². The summed E-state index contributed by atoms with van der Waals surface area (Å²) in [5.74, 6) is -0.427. The molecule has 0 aliphatic carbocycles. The van der Waals surface area contributed by atoms with Gasteiger partial charge in [0.1, 0.15) is 11.5 Å². The third kappa shape index (κ3) is 3.83. The number of hydrogen-bond donors (Lipinski definition) is 2. The lowest BCUT2D eigenvalue weighted by Crippen LogP contribution is -2.31. The molecule has 0 fully saturated rings. The van der Waals surface area contributed by atoms with Gasteiger partial charge < -0.3 is 15.1 Å². The number of thiophene rings is 1. The van der Waals surface area contributed by atoms with E-state index in [0.717, 1.165) is 0 Å². The van der Waals surface area contributed by atoms with Crippen molar-refractivity contribution in [1.29, 1.82) is 0 Å². The van der Waals surface area contributed by atoms with Gasteiger partial charge in [-0.15, -0.1) is 11.3 Å². The normalized spacial score (nSPS) is 13.9. The van der Waals surface area contributed by atoms with E-state index in [1.807, 2.05) is 17.5 Å². The molecule has 2 N–H and O–H groups in total. The van der Waals surface area contributed by atoms with Crippen LogP contribution in [0.15, 0.2) is 70.3 Å². The highest BCUT2D eigenvalue weighted by Gasteiger charge is 2.40. The van der Waals surface area contributed by atoms with E-state index in [9.17, 15) is 14.4 Å². The second kappa shape index (κ2) is 7.76. The maximum atomic E-state index is 13.1. The van der Waals surface area contributed by atoms with Crippen LogP contribution in [0.25, 0.3) is 5.57 Å². The van der Waals surface area contributed by atoms with Gasteiger partial charge in [-0.25, -0.2) is 0 Å². The number of hydrogen-bond acceptors (Lipinski definition) is 6. The number of carbonyl (C=O) groups excluding carboxylic acids is 3. The summed E-state index contributed by atoms with van der Waals surface area (Å²) < 4.78 is 5.30. The molecule has 8 heteroatoms. The molecule has 2 aromatic heterocycles. The first-order valence-corrected chi connectivity index (χ1v) is 9.72. The third-order valence-electron chi connectivity index (χ3n) is 4.30. The zero-order valence-corrected chi connectivity index (χ0v) is 16.3. The Labute approximate surface area is 170 Å². The standard InChI is InChI=1S/C21H17N3O4S/c1-13(25)22-14-6-8-15(9-7-14)23-19-18(17-5-3-11-29-17)20(26)24(21(19)27)12-16-4-2-10-28-16/h2-11,23H,12H2,1H3,(H,22,25). The minimum absolute atomic E-state index is 0.0617. The molecule has 0 saturated heterocycles. The first kappa shape index (κ1) is 18.7. The third-order valence-corrected chi connectivity index (χ3v) is 5.19. The second-order valence-electron chi connectivity index (χ2n) is 6.39. The molecule has 1 aliphatic rings. The van der Waals surface area contributed by atoms with Gasteiger partial charge in [0, 0.05) is 23.2 Å². The fourth-order valence-corrected chi connectivity index (χ4v) is 3.80. The van der Waals surface area contributed by atoms with Crippen LogP contribution in [0, 0.1) is 0 Å². The Morgan fingerprint density at radius 3 is 2.41 bits per heavy atom. The summed E-state index contributed by atoms with van der Waals surface area (Å²) in [7, 11) is 0. The molecular formula is C21H17N3O4S. The van der Waals surface area contributed by atoms with Crippen LogP contribution in [0.2, 0.25) is 0 Å². The average Bonchev–Trinajstić information content (AvgIpc) is 3.43. The van der Waals surface area contributed by atoms with Crippen LogP contribution < -0.4 is 10.6 Å². The molecule has 29 heavy (non-hydrogen) atoms. The molecular weight excluding hydrogens is 390 g/mol. The molecule has 3 aromatic rings. The predicted molar refractivity (Wildman–Crippen MR) is 110 cm³/mol. The van der Waals surface area contributed by atoms with Crippen LogP contribution in [0.3, 0.4) is 0 Å². The van der Waals surface area contributed by atoms with Gasteiger partial charge in [-0.3, -0.25) is 19.3 Å². The fraction of sp³-hybridized carbons (Fsp3) is 0.0952. The minimum atomic E-state index is -0.416. The Bertz CT molecular complexity index is 1080. The topological polar surface area (TPSA) is 91.7 Å². The van der Waals surface area contributed by atoms with Crippen molar-refractivity contribution in [2.45, 2.75) is 13.5 Å². The molecule has 0 bridgehead atoms. The van der Waals surface area contributed by atoms with E-state index in [4.69, 9.17) is 4.42 Å². The van der Waals surface area contributed by atoms with Gasteiger partial charge >= 0.3 is 0 Å². The monoisotopic (exact) mass is 407 g/mol. The second-order valence-corrected chi connectivity index (χ2v) is 7.33. The van der Waals surface area contributed by atoms with Crippen LogP contribution in [0.5, 0.6) is 0 Å². The van der Waals surface area contributed by atoms with E-state index >= 15 is 0 Å². The Balaban J connectivity index is 1.64. The SMILES string of the molecule is CC(=O)Nc1ccc(NC2=C(c3cccs3)C(=O)N(Cc3ccco3)C2=O)cc1. The molecule has 3 amide bonds. The van der Waals surface area contributed by atoms with Gasteiger partial charge in [0.25, 0.3) is 11.8 Å². The predicted octanol–water partition coefficient (Wildman–Crippen LogP) is 3.69. The van der Waals surface area contributed by atoms with Crippen molar-refractivity contribution >= 4 is 46.0 Å². The van der Waals surface area contributed by atoms with Crippen LogP contribution in [0.1, 0.15) is 17.6 Å². The Hall–Kier alpha value is -3.65. The van der Waals surface area contributed by atoms with Crippen molar-refractivity contribution in [2.75, 3.05) is 10.6 Å². The highest BCUT2D eigenvalue weighted by atomic mass is 32.1. The number of rotatable bonds is 6. The molecule has 1 aromatic carbocycles. The number of amides is 3. The summed E-state index contributed by atoms with van der Waals surface area (Å²) >= 11 is 1.39. The zero-order valence-electron chi connectivity index (χ0n) is 15.5. The summed E-state index contributed by atoms with van der Waals surface area (Å²) in [4.78, 5) is 39.1. The van der Waals surface area contributed by atoms with E-state index in [1.54, 1.807) is 36.4 Å². The highest BCUT2D eigenvalue weighted by molar-refractivity contribution is 7.11. The quantitative estimate of drug-likeness (QED) is 0.608. The van der Waals surface area contributed by atoms with Gasteiger partial charge in [0.15, 0.2) is 0 Å². The molecule has 4 rings (SSSR count). The summed E-state index contributed by atoms with van der Waals surface area (Å²) in [6.45, 7) is 1.49. The van der Waals surface area contributed by atoms with Crippen molar-refractivity contribution in [3.63, 3.8) is 0 Å². The molecule has 146 valence electrons. The van der Waals surface area contributed by atoms with Crippen LogP contribution in [-0.4, -0.2) is 22.6 Å². The molecule has 7 nitrogen and oxygen atoms in total. The lowest BCUT2D eigenvalue weighted by Gasteiger charge is -2.13. The summed E-state index contributed by atoms with van der Waals surface area (Å²) in [6.07, 6.45) is 1.50. The molecule has 3 heterocycles. The van der Waals surface area contributed by atoms with Gasteiger partial charge in [-0.1, -0.05) is 6.07 Å². The maximum absolute atomic E-state index is 13.1. The fourth-order valence-electron chi connectivity index (χ4n) is 3.03. The van der Waals surface area contributed by atoms with Crippen molar-refractivity contribution < 1.29 is 18.8 Å². The molecule has 0 unspecified atom stereocenters. The number of nitrogens with zero attached hydrogens (tertiary/aromatic N) is 1. The van der Waals surface area contributed by atoms with E-state index in [-0.39, 0.29) is 24.1 Å². The van der Waals surface area contributed by atoms with Crippen molar-refractivity contribution in [2.24, 2.45) is 0 Å². The molecule has 0 saturated carbocycles. The van der Waals surface area contributed by atoms with Gasteiger partial charge in [-0.2, -0.15) is 0 Å². The Morgan fingerprint density at radius 2 is 1.79 bits per heavy atom. The van der Waals surface area contributed by atoms with Crippen molar-refractivity contribution in [3.8, 4) is 0 Å². The minimum Gasteiger partial charge on any atom is -0.467 e. The molecule has 0 radical (unpaired) electrons. The van der Waals surface area contributed by atoms with Gasteiger partial charge in [0.2, 0.25) is 5.91 Å². The molecule has 1 aliphatic heterocycles. The number of furan rings is 1.